The summed E-state index contributed by atoms with van der Waals surface area (Å²) >= 11 is 0. The van der Waals surface area contributed by atoms with Crippen LogP contribution in [0, 0.1) is 11.8 Å². The van der Waals surface area contributed by atoms with Crippen molar-refractivity contribution in [1.82, 2.24) is 0 Å². The van der Waals surface area contributed by atoms with Crippen molar-refractivity contribution in [3.63, 3.8) is 0 Å². The number of allylic oxidation sites excluding steroid dienone is 2. The fraction of sp³-hybridized carbons (Fsp3) is 0.700. The normalized spacial score (nSPS) is 34.7. The molecular formula is C10H14O2. The second kappa shape index (κ2) is 2.70. The minimum atomic E-state index is 0.287. The van der Waals surface area contributed by atoms with Gasteiger partial charge in [-0.2, -0.15) is 0 Å². The molecule has 66 valence electrons. The van der Waals surface area contributed by atoms with Crippen LogP contribution in [0.3, 0.4) is 0 Å². The highest BCUT2D eigenvalue weighted by molar-refractivity contribution is 5.98. The molecule has 12 heavy (non-hydrogen) atoms. The molecule has 0 aliphatic heterocycles. The minimum Gasteiger partial charge on any atom is -0.396 e. The highest BCUT2D eigenvalue weighted by Crippen LogP contribution is 2.48. The van der Waals surface area contributed by atoms with E-state index in [2.05, 4.69) is 0 Å². The van der Waals surface area contributed by atoms with Crippen molar-refractivity contribution in [2.24, 2.45) is 11.8 Å². The lowest BCUT2D eigenvalue weighted by atomic mass is 10.1. The van der Waals surface area contributed by atoms with Crippen molar-refractivity contribution in [1.29, 1.82) is 0 Å². The highest BCUT2D eigenvalue weighted by atomic mass is 16.3. The predicted octanol–water partition coefficient (Wildman–Crippen LogP) is 1.29. The number of rotatable bonds is 2. The molecule has 2 aliphatic rings. The summed E-state index contributed by atoms with van der Waals surface area (Å²) in [6.07, 6.45) is 2.75. The molecule has 1 fully saturated rings. The SMILES string of the molecule is CC1=C(C2CC2CO)CCC1=O. The van der Waals surface area contributed by atoms with Gasteiger partial charge in [0, 0.05) is 13.0 Å². The largest absolute Gasteiger partial charge is 0.396 e. The lowest BCUT2D eigenvalue weighted by molar-refractivity contribution is -0.114. The molecule has 2 rings (SSSR count). The first-order valence-electron chi connectivity index (χ1n) is 4.57. The maximum atomic E-state index is 11.2. The van der Waals surface area contributed by atoms with Gasteiger partial charge in [-0.25, -0.2) is 0 Å². The van der Waals surface area contributed by atoms with Crippen molar-refractivity contribution < 1.29 is 9.90 Å². The number of carbonyl (C=O) groups excluding carboxylic acids is 1. The summed E-state index contributed by atoms with van der Waals surface area (Å²) in [5, 5.41) is 8.88. The van der Waals surface area contributed by atoms with E-state index < -0.39 is 0 Å². The van der Waals surface area contributed by atoms with Gasteiger partial charge in [0.25, 0.3) is 0 Å². The number of aliphatic hydroxyl groups excluding tert-OH is 1. The smallest absolute Gasteiger partial charge is 0.158 e. The first-order valence-corrected chi connectivity index (χ1v) is 4.57. The minimum absolute atomic E-state index is 0.287. The molecule has 0 bridgehead atoms. The molecule has 0 aromatic rings. The number of hydrogen-bond acceptors (Lipinski definition) is 2. The van der Waals surface area contributed by atoms with Crippen LogP contribution in [-0.4, -0.2) is 17.5 Å². The zero-order valence-corrected chi connectivity index (χ0v) is 7.34. The second-order valence-electron chi connectivity index (χ2n) is 3.86. The number of hydrogen-bond donors (Lipinski definition) is 1. The van der Waals surface area contributed by atoms with Crippen LogP contribution in [0.5, 0.6) is 0 Å². The van der Waals surface area contributed by atoms with Crippen LogP contribution < -0.4 is 0 Å². The van der Waals surface area contributed by atoms with Crippen molar-refractivity contribution in [3.05, 3.63) is 11.1 Å². The maximum Gasteiger partial charge on any atom is 0.158 e. The number of ketones is 1. The number of aliphatic hydroxyl groups is 1. The summed E-state index contributed by atoms with van der Waals surface area (Å²) in [7, 11) is 0. The van der Waals surface area contributed by atoms with Crippen molar-refractivity contribution >= 4 is 5.78 Å². The van der Waals surface area contributed by atoms with E-state index in [-0.39, 0.29) is 6.61 Å². The molecule has 0 aromatic carbocycles. The molecule has 2 aliphatic carbocycles. The molecule has 0 heterocycles. The van der Waals surface area contributed by atoms with E-state index in [4.69, 9.17) is 5.11 Å². The Morgan fingerprint density at radius 2 is 2.25 bits per heavy atom. The van der Waals surface area contributed by atoms with Gasteiger partial charge in [-0.1, -0.05) is 5.57 Å². The molecular weight excluding hydrogens is 152 g/mol. The zero-order valence-electron chi connectivity index (χ0n) is 7.34. The molecule has 2 nitrogen and oxygen atoms in total. The molecule has 0 saturated heterocycles. The van der Waals surface area contributed by atoms with Crippen LogP contribution in [0.1, 0.15) is 26.2 Å². The zero-order chi connectivity index (χ0) is 8.72. The fourth-order valence-electron chi connectivity index (χ4n) is 2.14. The van der Waals surface area contributed by atoms with Crippen LogP contribution in [0.2, 0.25) is 0 Å². The van der Waals surface area contributed by atoms with Gasteiger partial charge in [0.1, 0.15) is 0 Å². The molecule has 0 radical (unpaired) electrons. The quantitative estimate of drug-likeness (QED) is 0.671. The summed E-state index contributed by atoms with van der Waals surface area (Å²) < 4.78 is 0. The monoisotopic (exact) mass is 166 g/mol. The molecule has 1 saturated carbocycles. The van der Waals surface area contributed by atoms with Gasteiger partial charge in [-0.15, -0.1) is 0 Å². The fourth-order valence-corrected chi connectivity index (χ4v) is 2.14. The summed E-state index contributed by atoms with van der Waals surface area (Å²) in [4.78, 5) is 11.2. The van der Waals surface area contributed by atoms with Crippen molar-refractivity contribution in [3.8, 4) is 0 Å². The van der Waals surface area contributed by atoms with E-state index in [1.54, 1.807) is 0 Å². The maximum absolute atomic E-state index is 11.2. The molecule has 1 N–H and O–H groups in total. The average Bonchev–Trinajstić information content (AvgIpc) is 2.77. The van der Waals surface area contributed by atoms with E-state index >= 15 is 0 Å². The topological polar surface area (TPSA) is 37.3 Å². The molecule has 2 heteroatoms. The van der Waals surface area contributed by atoms with Crippen LogP contribution in [0.15, 0.2) is 11.1 Å². The Morgan fingerprint density at radius 1 is 1.50 bits per heavy atom. The molecule has 0 amide bonds. The highest BCUT2D eigenvalue weighted by Gasteiger charge is 2.41. The Balaban J connectivity index is 2.10. The third-order valence-electron chi connectivity index (χ3n) is 3.13. The van der Waals surface area contributed by atoms with Gasteiger partial charge < -0.3 is 5.11 Å². The third-order valence-corrected chi connectivity index (χ3v) is 3.13. The second-order valence-corrected chi connectivity index (χ2v) is 3.86. The Morgan fingerprint density at radius 3 is 2.67 bits per heavy atom. The third kappa shape index (κ3) is 1.11. The van der Waals surface area contributed by atoms with Gasteiger partial charge >= 0.3 is 0 Å². The van der Waals surface area contributed by atoms with Crippen molar-refractivity contribution in [2.75, 3.05) is 6.61 Å². The molecule has 2 unspecified atom stereocenters. The van der Waals surface area contributed by atoms with Gasteiger partial charge in [-0.3, -0.25) is 4.79 Å². The average molecular weight is 166 g/mol. The lowest BCUT2D eigenvalue weighted by Gasteiger charge is -1.99. The van der Waals surface area contributed by atoms with E-state index in [1.165, 1.54) is 5.57 Å². The Kier molecular flexibility index (Phi) is 1.80. The summed E-state index contributed by atoms with van der Waals surface area (Å²) in [5.74, 6) is 1.32. The first kappa shape index (κ1) is 7.99. The van der Waals surface area contributed by atoms with Crippen LogP contribution >= 0.6 is 0 Å². The summed E-state index contributed by atoms with van der Waals surface area (Å²) in [6.45, 7) is 2.22. The standard InChI is InChI=1S/C10H14O2/c1-6-8(2-3-10(6)12)9-4-7(9)5-11/h7,9,11H,2-5H2,1H3. The van der Waals surface area contributed by atoms with Crippen molar-refractivity contribution in [2.45, 2.75) is 26.2 Å². The molecule has 2 atom stereocenters. The Labute approximate surface area is 72.3 Å². The van der Waals surface area contributed by atoms with Crippen LogP contribution in [-0.2, 0) is 4.79 Å². The predicted molar refractivity (Wildman–Crippen MR) is 45.6 cm³/mol. The van der Waals surface area contributed by atoms with E-state index in [9.17, 15) is 4.79 Å². The van der Waals surface area contributed by atoms with E-state index in [1.807, 2.05) is 6.92 Å². The number of Topliss-reactive ketones (excluding diaryl/α,β-unsaturated/α-hetero) is 1. The number of carbonyl (C=O) groups is 1. The van der Waals surface area contributed by atoms with E-state index in [0.717, 1.165) is 18.4 Å². The van der Waals surface area contributed by atoms with Gasteiger partial charge in [0.05, 0.1) is 0 Å². The Bertz CT molecular complexity index is 253. The Hall–Kier alpha value is -0.630. The van der Waals surface area contributed by atoms with E-state index in [0.29, 0.717) is 24.0 Å². The lowest BCUT2D eigenvalue weighted by Crippen LogP contribution is -1.94. The first-order chi connectivity index (χ1) is 5.74. The van der Waals surface area contributed by atoms with Gasteiger partial charge in [-0.05, 0) is 37.2 Å². The molecule has 0 spiro atoms. The summed E-state index contributed by atoms with van der Waals surface area (Å²) in [5.41, 5.74) is 2.31. The molecule has 0 aromatic heterocycles. The van der Waals surface area contributed by atoms with Crippen LogP contribution in [0.4, 0.5) is 0 Å². The van der Waals surface area contributed by atoms with Gasteiger partial charge in [0.2, 0.25) is 0 Å². The van der Waals surface area contributed by atoms with Gasteiger partial charge in [0.15, 0.2) is 5.78 Å². The van der Waals surface area contributed by atoms with Crippen LogP contribution in [0.25, 0.3) is 0 Å². The summed E-state index contributed by atoms with van der Waals surface area (Å²) in [6, 6.07) is 0.